The number of likely N-dealkylation sites (tertiary alicyclic amines) is 1. The molecule has 1 aromatic carbocycles. The van der Waals surface area contributed by atoms with Crippen molar-refractivity contribution in [3.05, 3.63) is 51.9 Å². The first kappa shape index (κ1) is 18.4. The lowest BCUT2D eigenvalue weighted by atomic mass is 10.0. The highest BCUT2D eigenvalue weighted by Gasteiger charge is 2.63. The van der Waals surface area contributed by atoms with Crippen molar-refractivity contribution in [3.8, 4) is 17.2 Å². The molecule has 0 bridgehead atoms. The lowest BCUT2D eigenvalue weighted by Crippen LogP contribution is -2.49. The zero-order valence-corrected chi connectivity index (χ0v) is 17.0. The summed E-state index contributed by atoms with van der Waals surface area (Å²) in [6.45, 7) is 3.37. The second-order valence-electron chi connectivity index (χ2n) is 8.29. The van der Waals surface area contributed by atoms with E-state index in [9.17, 15) is 14.4 Å². The van der Waals surface area contributed by atoms with Crippen LogP contribution in [0.5, 0.6) is 11.5 Å². The van der Waals surface area contributed by atoms with Gasteiger partial charge in [0.2, 0.25) is 12.7 Å². The summed E-state index contributed by atoms with van der Waals surface area (Å²) >= 11 is 0. The van der Waals surface area contributed by atoms with Gasteiger partial charge in [-0.05, 0) is 30.7 Å². The molecule has 9 nitrogen and oxygen atoms in total. The molecule has 0 radical (unpaired) electrons. The summed E-state index contributed by atoms with van der Waals surface area (Å²) in [5.74, 6) is 0.823. The van der Waals surface area contributed by atoms with Crippen LogP contribution in [0.25, 0.3) is 5.69 Å². The predicted molar refractivity (Wildman–Crippen MR) is 107 cm³/mol. The second-order valence-corrected chi connectivity index (χ2v) is 8.29. The molecule has 4 aliphatic heterocycles. The smallest absolute Gasteiger partial charge is 0.268 e. The summed E-state index contributed by atoms with van der Waals surface area (Å²) in [4.78, 5) is 42.8. The van der Waals surface area contributed by atoms with Crippen molar-refractivity contribution < 1.29 is 23.8 Å². The van der Waals surface area contributed by atoms with Gasteiger partial charge >= 0.3 is 0 Å². The topological polar surface area (TPSA) is 90.3 Å². The number of nitrogens with zero attached hydrogens (tertiary/aromatic N) is 3. The first-order valence-corrected chi connectivity index (χ1v) is 10.4. The van der Waals surface area contributed by atoms with Crippen LogP contribution >= 0.6 is 0 Å². The Bertz CT molecular complexity index is 1190. The number of hydrogen-bond donors (Lipinski definition) is 0. The van der Waals surface area contributed by atoms with Crippen LogP contribution in [0, 0.1) is 6.92 Å². The number of aryl methyl sites for hydroxylation is 1. The minimum atomic E-state index is -0.730. The molecule has 160 valence electrons. The van der Waals surface area contributed by atoms with Crippen LogP contribution in [-0.4, -0.2) is 64.4 Å². The molecule has 4 aliphatic rings. The molecule has 5 heterocycles. The van der Waals surface area contributed by atoms with Gasteiger partial charge in [0.05, 0.1) is 24.8 Å². The first-order chi connectivity index (χ1) is 15.0. The van der Waals surface area contributed by atoms with Gasteiger partial charge in [0.1, 0.15) is 5.56 Å². The van der Waals surface area contributed by atoms with E-state index in [1.54, 1.807) is 47.2 Å². The fourth-order valence-corrected chi connectivity index (χ4v) is 5.30. The van der Waals surface area contributed by atoms with Crippen LogP contribution in [0.3, 0.4) is 0 Å². The average molecular weight is 423 g/mol. The molecule has 0 saturated carbocycles. The Balaban J connectivity index is 1.39. The number of carbonyl (C=O) groups excluding carboxylic acids is 2. The van der Waals surface area contributed by atoms with E-state index < -0.39 is 11.3 Å². The van der Waals surface area contributed by atoms with Gasteiger partial charge in [0.25, 0.3) is 11.5 Å². The van der Waals surface area contributed by atoms with E-state index in [2.05, 4.69) is 0 Å². The molecule has 3 fully saturated rings. The number of pyridine rings is 1. The highest BCUT2D eigenvalue weighted by atomic mass is 16.7. The molecular weight excluding hydrogens is 402 g/mol. The Hall–Kier alpha value is -3.33. The molecule has 0 aliphatic carbocycles. The zero-order chi connectivity index (χ0) is 21.3. The summed E-state index contributed by atoms with van der Waals surface area (Å²) in [5, 5.41) is 0. The third-order valence-electron chi connectivity index (χ3n) is 6.81. The minimum Gasteiger partial charge on any atom is -0.454 e. The third-order valence-corrected chi connectivity index (χ3v) is 6.81. The average Bonchev–Trinajstić information content (AvgIpc) is 3.50. The normalized spacial score (nSPS) is 25.8. The van der Waals surface area contributed by atoms with Crippen LogP contribution in [0.4, 0.5) is 0 Å². The number of hydrogen-bond acceptors (Lipinski definition) is 6. The van der Waals surface area contributed by atoms with Crippen LogP contribution < -0.4 is 15.0 Å². The van der Waals surface area contributed by atoms with Gasteiger partial charge in [-0.15, -0.1) is 0 Å². The van der Waals surface area contributed by atoms with Crippen molar-refractivity contribution in [1.29, 1.82) is 0 Å². The highest BCUT2D eigenvalue weighted by Crippen LogP contribution is 2.46. The second kappa shape index (κ2) is 6.34. The fraction of sp³-hybridized carbons (Fsp3) is 0.409. The van der Waals surface area contributed by atoms with Crippen molar-refractivity contribution in [1.82, 2.24) is 14.4 Å². The maximum absolute atomic E-state index is 13.6. The summed E-state index contributed by atoms with van der Waals surface area (Å²) in [6.07, 6.45) is 2.45. The Morgan fingerprint density at radius 1 is 1.13 bits per heavy atom. The summed E-state index contributed by atoms with van der Waals surface area (Å²) < 4.78 is 18.2. The lowest BCUT2D eigenvalue weighted by Gasteiger charge is -2.31. The van der Waals surface area contributed by atoms with E-state index in [1.807, 2.05) is 0 Å². The molecule has 3 saturated heterocycles. The first-order valence-electron chi connectivity index (χ1n) is 10.4. The standard InChI is InChI=1S/C22H21N3O6/c1-13-4-6-23(14-2-3-15-16(10-14)30-12-29-15)20(27)19(13)21(28)24-7-5-22-17(24)11-18(26)25(22)8-9-31-22/h2-4,6,10,17H,5,7-9,11-12H2,1H3/t17-,22+/m1/s1. The van der Waals surface area contributed by atoms with Gasteiger partial charge in [-0.25, -0.2) is 0 Å². The SMILES string of the molecule is Cc1ccn(-c2ccc3c(c2)OCO3)c(=O)c1C(=O)N1CC[C@@]23OCCN2C(=O)C[C@@H]13. The highest BCUT2D eigenvalue weighted by molar-refractivity contribution is 5.97. The van der Waals surface area contributed by atoms with Crippen molar-refractivity contribution >= 4 is 11.8 Å². The number of ether oxygens (including phenoxy) is 3. The number of carbonyl (C=O) groups is 2. The molecule has 2 amide bonds. The van der Waals surface area contributed by atoms with Crippen molar-refractivity contribution in [2.45, 2.75) is 31.5 Å². The zero-order valence-electron chi connectivity index (χ0n) is 17.0. The molecule has 2 atom stereocenters. The number of rotatable bonds is 2. The molecular formula is C22H21N3O6. The Labute approximate surface area is 177 Å². The summed E-state index contributed by atoms with van der Waals surface area (Å²) in [6, 6.07) is 6.60. The maximum atomic E-state index is 13.6. The maximum Gasteiger partial charge on any atom is 0.268 e. The molecule has 1 spiro atoms. The van der Waals surface area contributed by atoms with Gasteiger partial charge in [-0.3, -0.25) is 19.0 Å². The number of fused-ring (bicyclic) bond motifs is 1. The summed E-state index contributed by atoms with van der Waals surface area (Å²) in [5.41, 5.74) is 0.162. The van der Waals surface area contributed by atoms with E-state index in [0.717, 1.165) is 0 Å². The Morgan fingerprint density at radius 3 is 2.84 bits per heavy atom. The molecule has 9 heteroatoms. The number of benzene rings is 1. The van der Waals surface area contributed by atoms with Gasteiger partial charge in [0, 0.05) is 31.8 Å². The van der Waals surface area contributed by atoms with Crippen LogP contribution in [0.15, 0.2) is 35.3 Å². The van der Waals surface area contributed by atoms with Gasteiger partial charge < -0.3 is 24.0 Å². The van der Waals surface area contributed by atoms with Crippen molar-refractivity contribution in [3.63, 3.8) is 0 Å². The molecule has 0 N–H and O–H groups in total. The van der Waals surface area contributed by atoms with Crippen LogP contribution in [0.1, 0.15) is 28.8 Å². The molecule has 0 unspecified atom stereocenters. The van der Waals surface area contributed by atoms with Gasteiger partial charge in [0.15, 0.2) is 17.2 Å². The Morgan fingerprint density at radius 2 is 1.97 bits per heavy atom. The molecule has 2 aromatic rings. The minimum absolute atomic E-state index is 0.00237. The quantitative estimate of drug-likeness (QED) is 0.717. The van der Waals surface area contributed by atoms with E-state index in [4.69, 9.17) is 14.2 Å². The van der Waals surface area contributed by atoms with E-state index in [0.29, 0.717) is 48.9 Å². The largest absolute Gasteiger partial charge is 0.454 e. The summed E-state index contributed by atoms with van der Waals surface area (Å²) in [7, 11) is 0. The van der Waals surface area contributed by atoms with Crippen molar-refractivity contribution in [2.24, 2.45) is 0 Å². The van der Waals surface area contributed by atoms with Gasteiger partial charge in [-0.2, -0.15) is 0 Å². The third kappa shape index (κ3) is 2.43. The molecule has 1 aromatic heterocycles. The monoisotopic (exact) mass is 423 g/mol. The molecule has 6 rings (SSSR count). The van der Waals surface area contributed by atoms with Crippen LogP contribution in [-0.2, 0) is 9.53 Å². The van der Waals surface area contributed by atoms with Crippen LogP contribution in [0.2, 0.25) is 0 Å². The number of amides is 2. The Kier molecular flexibility index (Phi) is 3.77. The number of aromatic nitrogens is 1. The van der Waals surface area contributed by atoms with Crippen molar-refractivity contribution in [2.75, 3.05) is 26.5 Å². The molecule has 31 heavy (non-hydrogen) atoms. The van der Waals surface area contributed by atoms with E-state index in [-0.39, 0.29) is 36.6 Å². The van der Waals surface area contributed by atoms with E-state index in [1.165, 1.54) is 4.57 Å². The van der Waals surface area contributed by atoms with Gasteiger partial charge in [-0.1, -0.05) is 0 Å². The lowest BCUT2D eigenvalue weighted by molar-refractivity contribution is -0.136. The predicted octanol–water partition coefficient (Wildman–Crippen LogP) is 1.05. The fourth-order valence-electron chi connectivity index (χ4n) is 5.30. The van der Waals surface area contributed by atoms with E-state index >= 15 is 0 Å².